The van der Waals surface area contributed by atoms with E-state index in [0.717, 1.165) is 22.3 Å². The van der Waals surface area contributed by atoms with Crippen LogP contribution in [0.4, 0.5) is 4.79 Å². The Bertz CT molecular complexity index is 1050. The summed E-state index contributed by atoms with van der Waals surface area (Å²) in [5.41, 5.74) is 4.33. The van der Waals surface area contributed by atoms with Crippen molar-refractivity contribution in [1.82, 2.24) is 10.6 Å². The van der Waals surface area contributed by atoms with E-state index in [1.54, 1.807) is 13.8 Å². The molecule has 1 aliphatic rings. The monoisotopic (exact) mass is 482 g/mol. The van der Waals surface area contributed by atoms with Crippen molar-refractivity contribution in [2.75, 3.05) is 13.7 Å². The number of rotatable bonds is 10. The van der Waals surface area contributed by atoms with Gasteiger partial charge in [0.1, 0.15) is 18.7 Å². The number of hydrogen-bond acceptors (Lipinski definition) is 6. The first-order chi connectivity index (χ1) is 16.7. The van der Waals surface area contributed by atoms with Gasteiger partial charge in [0.15, 0.2) is 0 Å². The van der Waals surface area contributed by atoms with Gasteiger partial charge in [0.25, 0.3) is 0 Å². The number of nitrogens with one attached hydrogen (secondary N) is 2. The predicted octanol–water partition coefficient (Wildman–Crippen LogP) is 3.07. The highest BCUT2D eigenvalue weighted by Gasteiger charge is 2.32. The Morgan fingerprint density at radius 2 is 1.51 bits per heavy atom. The van der Waals surface area contributed by atoms with Crippen molar-refractivity contribution in [3.05, 3.63) is 59.7 Å². The molecule has 186 valence electrons. The molecule has 0 bridgehead atoms. The fourth-order valence-electron chi connectivity index (χ4n) is 4.19. The maximum absolute atomic E-state index is 12.8. The molecule has 0 radical (unpaired) electrons. The molecule has 0 aromatic heterocycles. The van der Waals surface area contributed by atoms with Crippen LogP contribution in [-0.2, 0) is 23.9 Å². The van der Waals surface area contributed by atoms with E-state index >= 15 is 0 Å². The van der Waals surface area contributed by atoms with Crippen molar-refractivity contribution < 1.29 is 33.8 Å². The molecular weight excluding hydrogens is 452 g/mol. The number of carbonyl (C=O) groups is 4. The van der Waals surface area contributed by atoms with Crippen LogP contribution in [-0.4, -0.2) is 54.8 Å². The normalized spacial score (nSPS) is 13.8. The minimum absolute atomic E-state index is 0.0865. The van der Waals surface area contributed by atoms with E-state index in [1.807, 2.05) is 48.5 Å². The Labute approximate surface area is 203 Å². The standard InChI is InChI=1S/C26H30N2O7/c1-15(2)23(24(30)27-21(25(31)32)12-13-22(29)34-3)28-26(33)35-14-20-18-10-6-4-8-16(18)17-9-5-7-11-19(17)20/h4-11,15,20-21,23H,12-14H2,1-3H3,(H,27,30)(H,28,33)(H,31,32). The van der Waals surface area contributed by atoms with Crippen LogP contribution in [0.3, 0.4) is 0 Å². The molecule has 0 fully saturated rings. The highest BCUT2D eigenvalue weighted by molar-refractivity contribution is 5.89. The second-order valence-corrected chi connectivity index (χ2v) is 8.71. The van der Waals surface area contributed by atoms with Crippen LogP contribution in [0.1, 0.15) is 43.7 Å². The molecule has 2 atom stereocenters. The van der Waals surface area contributed by atoms with E-state index < -0.39 is 36.0 Å². The van der Waals surface area contributed by atoms with Crippen molar-refractivity contribution in [3.8, 4) is 11.1 Å². The quantitative estimate of drug-likeness (QED) is 0.444. The summed E-state index contributed by atoms with van der Waals surface area (Å²) in [7, 11) is 1.20. The predicted molar refractivity (Wildman–Crippen MR) is 128 cm³/mol. The molecule has 35 heavy (non-hydrogen) atoms. The second-order valence-electron chi connectivity index (χ2n) is 8.71. The summed E-state index contributed by atoms with van der Waals surface area (Å²) >= 11 is 0. The molecule has 9 nitrogen and oxygen atoms in total. The Morgan fingerprint density at radius 1 is 0.943 bits per heavy atom. The molecule has 0 aliphatic heterocycles. The largest absolute Gasteiger partial charge is 0.480 e. The number of carboxylic acid groups (broad SMARTS) is 1. The van der Waals surface area contributed by atoms with Crippen LogP contribution in [0.2, 0.25) is 0 Å². The van der Waals surface area contributed by atoms with Crippen LogP contribution in [0.15, 0.2) is 48.5 Å². The van der Waals surface area contributed by atoms with Gasteiger partial charge in [-0.1, -0.05) is 62.4 Å². The first kappa shape index (κ1) is 25.7. The molecule has 3 rings (SSSR count). The van der Waals surface area contributed by atoms with E-state index in [4.69, 9.17) is 4.74 Å². The number of amides is 2. The van der Waals surface area contributed by atoms with Gasteiger partial charge < -0.3 is 25.2 Å². The van der Waals surface area contributed by atoms with Gasteiger partial charge in [0.05, 0.1) is 7.11 Å². The average molecular weight is 483 g/mol. The maximum Gasteiger partial charge on any atom is 0.407 e. The van der Waals surface area contributed by atoms with Crippen molar-refractivity contribution >= 4 is 23.9 Å². The number of carbonyl (C=O) groups excluding carboxylic acids is 3. The molecule has 1 aliphatic carbocycles. The fourth-order valence-corrected chi connectivity index (χ4v) is 4.19. The first-order valence-electron chi connectivity index (χ1n) is 11.4. The molecule has 2 aromatic carbocycles. The Kier molecular flexibility index (Phi) is 8.46. The molecular formula is C26H30N2O7. The van der Waals surface area contributed by atoms with E-state index in [-0.39, 0.29) is 31.3 Å². The van der Waals surface area contributed by atoms with Crippen molar-refractivity contribution in [3.63, 3.8) is 0 Å². The van der Waals surface area contributed by atoms with Gasteiger partial charge in [-0.15, -0.1) is 0 Å². The van der Waals surface area contributed by atoms with Gasteiger partial charge in [0, 0.05) is 12.3 Å². The summed E-state index contributed by atoms with van der Waals surface area (Å²) in [6, 6.07) is 13.6. The van der Waals surface area contributed by atoms with Crippen LogP contribution in [0.25, 0.3) is 11.1 Å². The lowest BCUT2D eigenvalue weighted by molar-refractivity contribution is -0.144. The molecule has 0 spiro atoms. The zero-order chi connectivity index (χ0) is 25.5. The van der Waals surface area contributed by atoms with Crippen molar-refractivity contribution in [1.29, 1.82) is 0 Å². The number of alkyl carbamates (subject to hydrolysis) is 1. The SMILES string of the molecule is COC(=O)CCC(NC(=O)C(NC(=O)OCC1c2ccccc2-c2ccccc21)C(C)C)C(=O)O. The zero-order valence-electron chi connectivity index (χ0n) is 19.9. The summed E-state index contributed by atoms with van der Waals surface area (Å²) in [5.74, 6) is -3.01. The second kappa shape index (κ2) is 11.5. The van der Waals surface area contributed by atoms with Crippen LogP contribution >= 0.6 is 0 Å². The molecule has 2 aromatic rings. The number of esters is 1. The summed E-state index contributed by atoms with van der Waals surface area (Å²) in [5, 5.41) is 14.3. The Morgan fingerprint density at radius 3 is 2.03 bits per heavy atom. The van der Waals surface area contributed by atoms with Crippen LogP contribution < -0.4 is 10.6 Å². The lowest BCUT2D eigenvalue weighted by Gasteiger charge is -2.24. The Balaban J connectivity index is 1.63. The number of fused-ring (bicyclic) bond motifs is 3. The number of hydrogen-bond donors (Lipinski definition) is 3. The number of ether oxygens (including phenoxy) is 2. The molecule has 3 N–H and O–H groups in total. The van der Waals surface area contributed by atoms with Gasteiger partial charge in [-0.25, -0.2) is 9.59 Å². The number of aliphatic carboxylic acids is 1. The van der Waals surface area contributed by atoms with Gasteiger partial charge in [-0.05, 0) is 34.6 Å². The van der Waals surface area contributed by atoms with Crippen LogP contribution in [0.5, 0.6) is 0 Å². The zero-order valence-corrected chi connectivity index (χ0v) is 19.9. The third-order valence-corrected chi connectivity index (χ3v) is 6.05. The van der Waals surface area contributed by atoms with Gasteiger partial charge >= 0.3 is 18.0 Å². The minimum Gasteiger partial charge on any atom is -0.480 e. The molecule has 0 heterocycles. The van der Waals surface area contributed by atoms with E-state index in [9.17, 15) is 24.3 Å². The summed E-state index contributed by atoms with van der Waals surface area (Å²) < 4.78 is 10.0. The minimum atomic E-state index is -1.30. The number of carboxylic acids is 1. The van der Waals surface area contributed by atoms with Gasteiger partial charge in [0.2, 0.25) is 5.91 Å². The third kappa shape index (κ3) is 6.17. The lowest BCUT2D eigenvalue weighted by atomic mass is 9.98. The van der Waals surface area contributed by atoms with Crippen molar-refractivity contribution in [2.24, 2.45) is 5.92 Å². The molecule has 2 unspecified atom stereocenters. The smallest absolute Gasteiger partial charge is 0.407 e. The molecule has 9 heteroatoms. The summed E-state index contributed by atoms with van der Waals surface area (Å²) in [6.45, 7) is 3.53. The molecule has 0 saturated heterocycles. The lowest BCUT2D eigenvalue weighted by Crippen LogP contribution is -2.53. The van der Waals surface area contributed by atoms with E-state index in [1.165, 1.54) is 7.11 Å². The third-order valence-electron chi connectivity index (χ3n) is 6.05. The maximum atomic E-state index is 12.8. The highest BCUT2D eigenvalue weighted by atomic mass is 16.5. The topological polar surface area (TPSA) is 131 Å². The first-order valence-corrected chi connectivity index (χ1v) is 11.4. The fraction of sp³-hybridized carbons (Fsp3) is 0.385. The highest BCUT2D eigenvalue weighted by Crippen LogP contribution is 2.44. The van der Waals surface area contributed by atoms with Crippen molar-refractivity contribution in [2.45, 2.75) is 44.7 Å². The average Bonchev–Trinajstić information content (AvgIpc) is 3.16. The Hall–Kier alpha value is -3.88. The van der Waals surface area contributed by atoms with Crippen LogP contribution in [0, 0.1) is 5.92 Å². The van der Waals surface area contributed by atoms with Gasteiger partial charge in [-0.2, -0.15) is 0 Å². The number of benzene rings is 2. The van der Waals surface area contributed by atoms with E-state index in [2.05, 4.69) is 15.4 Å². The van der Waals surface area contributed by atoms with Gasteiger partial charge in [-0.3, -0.25) is 9.59 Å². The molecule has 2 amide bonds. The summed E-state index contributed by atoms with van der Waals surface area (Å²) in [6.07, 6.45) is -1.08. The summed E-state index contributed by atoms with van der Waals surface area (Å²) in [4.78, 5) is 48.3. The molecule has 0 saturated carbocycles. The number of methoxy groups -OCH3 is 1. The van der Waals surface area contributed by atoms with E-state index in [0.29, 0.717) is 0 Å².